The van der Waals surface area contributed by atoms with Crippen molar-refractivity contribution >= 4 is 29.1 Å². The van der Waals surface area contributed by atoms with Gasteiger partial charge in [-0.15, -0.1) is 0 Å². The van der Waals surface area contributed by atoms with E-state index in [1.165, 1.54) is 12.1 Å². The molecule has 2 amide bonds. The lowest BCUT2D eigenvalue weighted by atomic mass is 10.1. The molecule has 0 saturated heterocycles. The predicted octanol–water partition coefficient (Wildman–Crippen LogP) is 3.44. The molecule has 0 unspecified atom stereocenters. The fraction of sp³-hybridized carbons (Fsp3) is 0.300. The van der Waals surface area contributed by atoms with Crippen LogP contribution >= 0.6 is 11.6 Å². The van der Waals surface area contributed by atoms with Gasteiger partial charge < -0.3 is 10.6 Å². The zero-order valence-electron chi connectivity index (χ0n) is 15.0. The van der Waals surface area contributed by atoms with Crippen LogP contribution in [0, 0.1) is 5.82 Å². The number of amides is 2. The lowest BCUT2D eigenvalue weighted by Gasteiger charge is -2.17. The Morgan fingerprint density at radius 3 is 2.52 bits per heavy atom. The molecule has 0 spiro atoms. The van der Waals surface area contributed by atoms with E-state index >= 15 is 0 Å². The number of halogens is 2. The van der Waals surface area contributed by atoms with E-state index in [9.17, 15) is 14.0 Å². The molecule has 27 heavy (non-hydrogen) atoms. The summed E-state index contributed by atoms with van der Waals surface area (Å²) in [6.07, 6.45) is 2.11. The average Bonchev–Trinajstić information content (AvgIpc) is 3.42. The van der Waals surface area contributed by atoms with E-state index in [1.807, 2.05) is 24.1 Å². The van der Waals surface area contributed by atoms with Crippen molar-refractivity contribution < 1.29 is 14.0 Å². The first-order chi connectivity index (χ1) is 12.9. The molecule has 1 saturated carbocycles. The van der Waals surface area contributed by atoms with Crippen molar-refractivity contribution in [1.82, 2.24) is 10.2 Å². The van der Waals surface area contributed by atoms with Gasteiger partial charge in [0.15, 0.2) is 0 Å². The minimum atomic E-state index is -0.454. The molecule has 0 bridgehead atoms. The van der Waals surface area contributed by atoms with Gasteiger partial charge >= 0.3 is 0 Å². The Hall–Kier alpha value is -2.44. The summed E-state index contributed by atoms with van der Waals surface area (Å²) in [7, 11) is 1.82. The van der Waals surface area contributed by atoms with E-state index in [0.29, 0.717) is 23.8 Å². The molecule has 5 nitrogen and oxygen atoms in total. The second kappa shape index (κ2) is 8.50. The van der Waals surface area contributed by atoms with Crippen molar-refractivity contribution in [3.63, 3.8) is 0 Å². The van der Waals surface area contributed by atoms with Crippen molar-refractivity contribution in [2.24, 2.45) is 0 Å². The van der Waals surface area contributed by atoms with Gasteiger partial charge in [-0.25, -0.2) is 4.39 Å². The van der Waals surface area contributed by atoms with Crippen molar-refractivity contribution in [2.75, 3.05) is 18.9 Å². The van der Waals surface area contributed by atoms with Crippen LogP contribution in [0.2, 0.25) is 5.02 Å². The average molecular weight is 390 g/mol. The van der Waals surface area contributed by atoms with Gasteiger partial charge in [-0.1, -0.05) is 23.7 Å². The maximum atomic E-state index is 13.1. The molecular weight excluding hydrogens is 369 g/mol. The second-order valence-electron chi connectivity index (χ2n) is 6.79. The van der Waals surface area contributed by atoms with E-state index in [-0.39, 0.29) is 23.4 Å². The molecule has 1 fully saturated rings. The number of nitrogens with one attached hydrogen (secondary N) is 2. The topological polar surface area (TPSA) is 61.4 Å². The Morgan fingerprint density at radius 1 is 1.19 bits per heavy atom. The monoisotopic (exact) mass is 389 g/mol. The number of hydrogen-bond acceptors (Lipinski definition) is 3. The van der Waals surface area contributed by atoms with E-state index in [2.05, 4.69) is 10.6 Å². The molecule has 2 N–H and O–H groups in total. The highest BCUT2D eigenvalue weighted by Gasteiger charge is 2.23. The van der Waals surface area contributed by atoms with Crippen molar-refractivity contribution in [2.45, 2.75) is 25.4 Å². The summed E-state index contributed by atoms with van der Waals surface area (Å²) < 4.78 is 13.1. The number of nitrogens with zero attached hydrogens (tertiary/aromatic N) is 1. The summed E-state index contributed by atoms with van der Waals surface area (Å²) in [5.41, 5.74) is 2.01. The molecule has 2 aromatic carbocycles. The van der Waals surface area contributed by atoms with Crippen LogP contribution < -0.4 is 10.6 Å². The summed E-state index contributed by atoms with van der Waals surface area (Å²) >= 11 is 5.91. The Labute approximate surface area is 162 Å². The van der Waals surface area contributed by atoms with Gasteiger partial charge in [0.25, 0.3) is 5.91 Å². The van der Waals surface area contributed by atoms with Crippen LogP contribution in [0.25, 0.3) is 0 Å². The fourth-order valence-corrected chi connectivity index (χ4v) is 2.87. The fourth-order valence-electron chi connectivity index (χ4n) is 2.65. The molecule has 3 rings (SSSR count). The van der Waals surface area contributed by atoms with Crippen LogP contribution in [0.4, 0.5) is 10.1 Å². The minimum Gasteiger partial charge on any atom is -0.349 e. The van der Waals surface area contributed by atoms with E-state index in [4.69, 9.17) is 11.6 Å². The van der Waals surface area contributed by atoms with Crippen LogP contribution in [0.1, 0.15) is 28.8 Å². The Bertz CT molecular complexity index is 838. The van der Waals surface area contributed by atoms with E-state index in [1.54, 1.807) is 12.1 Å². The van der Waals surface area contributed by atoms with Crippen molar-refractivity contribution in [1.29, 1.82) is 0 Å². The van der Waals surface area contributed by atoms with Gasteiger partial charge in [0.1, 0.15) is 5.82 Å². The molecule has 0 radical (unpaired) electrons. The number of likely N-dealkylation sites (N-methyl/N-ethyl adjacent to an activating group) is 1. The zero-order valence-corrected chi connectivity index (χ0v) is 15.7. The lowest BCUT2D eigenvalue weighted by Crippen LogP contribution is -2.30. The first-order valence-electron chi connectivity index (χ1n) is 8.74. The Kier molecular flexibility index (Phi) is 6.08. The highest BCUT2D eigenvalue weighted by atomic mass is 35.5. The third-order valence-electron chi connectivity index (χ3n) is 4.20. The van der Waals surface area contributed by atoms with Gasteiger partial charge in [0.05, 0.1) is 17.3 Å². The molecule has 0 atom stereocenters. The number of rotatable bonds is 7. The summed E-state index contributed by atoms with van der Waals surface area (Å²) in [5, 5.41) is 5.78. The maximum absolute atomic E-state index is 13.1. The molecular formula is C20H21ClFN3O2. The zero-order chi connectivity index (χ0) is 19.4. The molecule has 0 aromatic heterocycles. The normalized spacial score (nSPS) is 13.5. The van der Waals surface area contributed by atoms with Gasteiger partial charge in [-0.3, -0.25) is 14.5 Å². The molecule has 0 heterocycles. The maximum Gasteiger partial charge on any atom is 0.251 e. The first-order valence-corrected chi connectivity index (χ1v) is 9.12. The summed E-state index contributed by atoms with van der Waals surface area (Å²) in [4.78, 5) is 26.0. The predicted molar refractivity (Wildman–Crippen MR) is 103 cm³/mol. The molecule has 1 aliphatic carbocycles. The van der Waals surface area contributed by atoms with Gasteiger partial charge in [0.2, 0.25) is 5.91 Å². The number of anilines is 1. The van der Waals surface area contributed by atoms with E-state index in [0.717, 1.165) is 24.5 Å². The van der Waals surface area contributed by atoms with Crippen LogP contribution in [-0.4, -0.2) is 36.3 Å². The number of carbonyl (C=O) groups is 2. The van der Waals surface area contributed by atoms with Crippen LogP contribution in [0.3, 0.4) is 0 Å². The van der Waals surface area contributed by atoms with Crippen LogP contribution in [-0.2, 0) is 11.3 Å². The SMILES string of the molecule is CN(CC(=O)Nc1ccc(F)cc1Cl)Cc1ccc(C(=O)NC2CC2)cc1. The standard InChI is InChI=1S/C20H21ClFN3O2/c1-25(12-19(26)24-18-9-6-15(22)10-17(18)21)11-13-2-4-14(5-3-13)20(27)23-16-7-8-16/h2-6,9-10,16H,7-8,11-12H2,1H3,(H,23,27)(H,24,26). The third-order valence-corrected chi connectivity index (χ3v) is 4.51. The highest BCUT2D eigenvalue weighted by molar-refractivity contribution is 6.33. The highest BCUT2D eigenvalue weighted by Crippen LogP contribution is 2.22. The summed E-state index contributed by atoms with van der Waals surface area (Å²) in [6.45, 7) is 0.701. The van der Waals surface area contributed by atoms with Crippen molar-refractivity contribution in [3.05, 3.63) is 64.4 Å². The van der Waals surface area contributed by atoms with Gasteiger partial charge in [0, 0.05) is 18.2 Å². The summed E-state index contributed by atoms with van der Waals surface area (Å²) in [5.74, 6) is -0.747. The van der Waals surface area contributed by atoms with Gasteiger partial charge in [-0.05, 0) is 55.8 Å². The smallest absolute Gasteiger partial charge is 0.251 e. The second-order valence-corrected chi connectivity index (χ2v) is 7.20. The third kappa shape index (κ3) is 5.77. The molecule has 142 valence electrons. The number of hydrogen-bond donors (Lipinski definition) is 2. The number of benzene rings is 2. The lowest BCUT2D eigenvalue weighted by molar-refractivity contribution is -0.117. The molecule has 7 heteroatoms. The molecule has 2 aromatic rings. The molecule has 0 aliphatic heterocycles. The van der Waals surface area contributed by atoms with Gasteiger partial charge in [-0.2, -0.15) is 0 Å². The van der Waals surface area contributed by atoms with E-state index < -0.39 is 5.82 Å². The van der Waals surface area contributed by atoms with Crippen LogP contribution in [0.15, 0.2) is 42.5 Å². The van der Waals surface area contributed by atoms with Crippen molar-refractivity contribution in [3.8, 4) is 0 Å². The Balaban J connectivity index is 1.49. The first kappa shape index (κ1) is 19.3. The Morgan fingerprint density at radius 2 is 1.89 bits per heavy atom. The quantitative estimate of drug-likeness (QED) is 0.762. The minimum absolute atomic E-state index is 0.0482. The largest absolute Gasteiger partial charge is 0.349 e. The molecule has 1 aliphatic rings. The van der Waals surface area contributed by atoms with Crippen LogP contribution in [0.5, 0.6) is 0 Å². The number of carbonyl (C=O) groups excluding carboxylic acids is 2. The summed E-state index contributed by atoms with van der Waals surface area (Å²) in [6, 6.07) is 11.5.